The molecule has 0 aromatic heterocycles. The van der Waals surface area contributed by atoms with Gasteiger partial charge in [-0.1, -0.05) is 6.42 Å². The van der Waals surface area contributed by atoms with Crippen LogP contribution in [0.15, 0.2) is 23.1 Å². The Kier molecular flexibility index (Phi) is 3.77. The van der Waals surface area contributed by atoms with Crippen LogP contribution in [-0.2, 0) is 10.0 Å². The van der Waals surface area contributed by atoms with Crippen LogP contribution in [0.5, 0.6) is 0 Å². The van der Waals surface area contributed by atoms with E-state index in [1.165, 1.54) is 22.5 Å². The van der Waals surface area contributed by atoms with Crippen LogP contribution in [0.25, 0.3) is 0 Å². The maximum Gasteiger partial charge on any atom is 0.248 e. The lowest BCUT2D eigenvalue weighted by Crippen LogP contribution is -2.36. The normalized spacial score (nSPS) is 17.3. The molecule has 0 radical (unpaired) electrons. The lowest BCUT2D eigenvalue weighted by molar-refractivity contribution is 0.1000. The minimum Gasteiger partial charge on any atom is -0.398 e. The van der Waals surface area contributed by atoms with E-state index in [4.69, 9.17) is 11.5 Å². The maximum atomic E-state index is 12.4. The van der Waals surface area contributed by atoms with Crippen molar-refractivity contribution >= 4 is 21.6 Å². The summed E-state index contributed by atoms with van der Waals surface area (Å²) < 4.78 is 26.3. The molecule has 19 heavy (non-hydrogen) atoms. The number of piperidine rings is 1. The van der Waals surface area contributed by atoms with Crippen molar-refractivity contribution in [2.75, 3.05) is 18.8 Å². The Morgan fingerprint density at radius 3 is 2.32 bits per heavy atom. The second kappa shape index (κ2) is 5.18. The van der Waals surface area contributed by atoms with E-state index in [1.807, 2.05) is 0 Å². The fourth-order valence-corrected chi connectivity index (χ4v) is 3.79. The highest BCUT2D eigenvalue weighted by molar-refractivity contribution is 7.89. The molecular weight excluding hydrogens is 266 g/mol. The molecule has 2 rings (SSSR count). The number of nitrogen functional groups attached to an aromatic ring is 1. The summed E-state index contributed by atoms with van der Waals surface area (Å²) in [6.07, 6.45) is 2.76. The van der Waals surface area contributed by atoms with Crippen LogP contribution in [0.3, 0.4) is 0 Å². The zero-order valence-electron chi connectivity index (χ0n) is 10.5. The van der Waals surface area contributed by atoms with Crippen molar-refractivity contribution in [2.45, 2.75) is 24.2 Å². The number of anilines is 1. The number of rotatable bonds is 3. The molecule has 1 aliphatic rings. The van der Waals surface area contributed by atoms with E-state index in [9.17, 15) is 13.2 Å². The largest absolute Gasteiger partial charge is 0.398 e. The summed E-state index contributed by atoms with van der Waals surface area (Å²) in [5, 5.41) is 0. The van der Waals surface area contributed by atoms with Crippen LogP contribution in [0.4, 0.5) is 5.69 Å². The van der Waals surface area contributed by atoms with Gasteiger partial charge in [0.2, 0.25) is 15.9 Å². The van der Waals surface area contributed by atoms with E-state index in [1.54, 1.807) is 0 Å². The van der Waals surface area contributed by atoms with Gasteiger partial charge in [0.25, 0.3) is 0 Å². The molecule has 0 saturated carbocycles. The van der Waals surface area contributed by atoms with Crippen LogP contribution in [0, 0.1) is 0 Å². The fraction of sp³-hybridized carbons (Fsp3) is 0.417. The summed E-state index contributed by atoms with van der Waals surface area (Å²) in [6.45, 7) is 1.03. The molecule has 0 aliphatic carbocycles. The quantitative estimate of drug-likeness (QED) is 0.789. The van der Waals surface area contributed by atoms with Gasteiger partial charge in [-0.05, 0) is 31.0 Å². The number of nitrogens with zero attached hydrogens (tertiary/aromatic N) is 1. The Labute approximate surface area is 112 Å². The first-order valence-electron chi connectivity index (χ1n) is 6.12. The molecule has 0 unspecified atom stereocenters. The summed E-state index contributed by atoms with van der Waals surface area (Å²) in [5.74, 6) is -0.631. The predicted octanol–water partition coefficient (Wildman–Crippen LogP) is 0.542. The fourth-order valence-electron chi connectivity index (χ4n) is 2.18. The van der Waals surface area contributed by atoms with Crippen LogP contribution < -0.4 is 11.5 Å². The summed E-state index contributed by atoms with van der Waals surface area (Å²) in [6, 6.07) is 4.04. The predicted molar refractivity (Wildman–Crippen MR) is 72.0 cm³/mol. The molecule has 1 fully saturated rings. The monoisotopic (exact) mass is 283 g/mol. The van der Waals surface area contributed by atoms with Gasteiger partial charge in [0, 0.05) is 18.7 Å². The third-order valence-electron chi connectivity index (χ3n) is 3.23. The highest BCUT2D eigenvalue weighted by atomic mass is 32.2. The van der Waals surface area contributed by atoms with Crippen molar-refractivity contribution in [3.8, 4) is 0 Å². The number of primary amides is 1. The minimum atomic E-state index is -3.58. The Morgan fingerprint density at radius 1 is 1.16 bits per heavy atom. The van der Waals surface area contributed by atoms with Gasteiger partial charge in [-0.15, -0.1) is 0 Å². The number of carbonyl (C=O) groups is 1. The van der Waals surface area contributed by atoms with E-state index in [2.05, 4.69) is 0 Å². The molecule has 1 heterocycles. The zero-order valence-corrected chi connectivity index (χ0v) is 11.3. The van der Waals surface area contributed by atoms with Crippen LogP contribution in [0.2, 0.25) is 0 Å². The summed E-state index contributed by atoms with van der Waals surface area (Å²) in [4.78, 5) is 11.1. The number of hydrogen-bond acceptors (Lipinski definition) is 4. The third-order valence-corrected chi connectivity index (χ3v) is 5.20. The maximum absolute atomic E-state index is 12.4. The van der Waals surface area contributed by atoms with E-state index < -0.39 is 15.9 Å². The highest BCUT2D eigenvalue weighted by Crippen LogP contribution is 2.25. The number of benzene rings is 1. The zero-order chi connectivity index (χ0) is 14.0. The molecule has 0 spiro atoms. The molecule has 0 bridgehead atoms. The van der Waals surface area contributed by atoms with Crippen molar-refractivity contribution in [1.29, 1.82) is 0 Å². The van der Waals surface area contributed by atoms with Gasteiger partial charge >= 0.3 is 0 Å². The molecule has 1 aromatic carbocycles. The van der Waals surface area contributed by atoms with Crippen LogP contribution in [-0.4, -0.2) is 31.7 Å². The lowest BCUT2D eigenvalue weighted by atomic mass is 10.2. The molecule has 1 aliphatic heterocycles. The number of nitrogens with two attached hydrogens (primary N) is 2. The topological polar surface area (TPSA) is 106 Å². The van der Waals surface area contributed by atoms with Crippen molar-refractivity contribution in [3.63, 3.8) is 0 Å². The molecule has 6 nitrogen and oxygen atoms in total. The van der Waals surface area contributed by atoms with Gasteiger partial charge in [0.15, 0.2) is 0 Å². The first-order chi connectivity index (χ1) is 8.93. The lowest BCUT2D eigenvalue weighted by Gasteiger charge is -2.26. The first-order valence-corrected chi connectivity index (χ1v) is 7.56. The molecule has 4 N–H and O–H groups in total. The van der Waals surface area contributed by atoms with E-state index in [-0.39, 0.29) is 16.1 Å². The van der Waals surface area contributed by atoms with Crippen molar-refractivity contribution in [3.05, 3.63) is 23.8 Å². The standard InChI is InChI=1S/C12H17N3O3S/c13-10-8-9(12(14)16)4-5-11(10)19(17,18)15-6-2-1-3-7-15/h4-5,8H,1-3,6-7,13H2,(H2,14,16). The molecule has 7 heteroatoms. The van der Waals surface area contributed by atoms with Crippen molar-refractivity contribution in [2.24, 2.45) is 5.73 Å². The Hall–Kier alpha value is -1.60. The van der Waals surface area contributed by atoms with Gasteiger partial charge in [0.1, 0.15) is 4.90 Å². The SMILES string of the molecule is NC(=O)c1ccc(S(=O)(=O)N2CCCCC2)c(N)c1. The Balaban J connectivity index is 2.37. The number of hydrogen-bond donors (Lipinski definition) is 2. The second-order valence-electron chi connectivity index (χ2n) is 4.58. The number of amides is 1. The number of carbonyl (C=O) groups excluding carboxylic acids is 1. The molecule has 1 saturated heterocycles. The second-order valence-corrected chi connectivity index (χ2v) is 6.49. The van der Waals surface area contributed by atoms with Crippen LogP contribution >= 0.6 is 0 Å². The average molecular weight is 283 g/mol. The molecule has 1 aromatic rings. The molecule has 1 amide bonds. The number of sulfonamides is 1. The van der Waals surface area contributed by atoms with Crippen molar-refractivity contribution in [1.82, 2.24) is 4.31 Å². The molecule has 104 valence electrons. The average Bonchev–Trinajstić information content (AvgIpc) is 2.39. The van der Waals surface area contributed by atoms with Gasteiger partial charge in [-0.25, -0.2) is 8.42 Å². The van der Waals surface area contributed by atoms with Crippen molar-refractivity contribution < 1.29 is 13.2 Å². The minimum absolute atomic E-state index is 0.0411. The highest BCUT2D eigenvalue weighted by Gasteiger charge is 2.27. The van der Waals surface area contributed by atoms with E-state index in [0.29, 0.717) is 13.1 Å². The van der Waals surface area contributed by atoms with E-state index >= 15 is 0 Å². The summed E-state index contributed by atoms with van der Waals surface area (Å²) >= 11 is 0. The Bertz CT molecular complexity index is 592. The molecule has 0 atom stereocenters. The van der Waals surface area contributed by atoms with Gasteiger partial charge in [0.05, 0.1) is 5.69 Å². The Morgan fingerprint density at radius 2 is 1.79 bits per heavy atom. The smallest absolute Gasteiger partial charge is 0.248 e. The summed E-state index contributed by atoms with van der Waals surface area (Å²) in [7, 11) is -3.58. The van der Waals surface area contributed by atoms with Crippen LogP contribution in [0.1, 0.15) is 29.6 Å². The van der Waals surface area contributed by atoms with Gasteiger partial charge in [-0.2, -0.15) is 4.31 Å². The molecular formula is C12H17N3O3S. The first kappa shape index (κ1) is 13.8. The summed E-state index contributed by atoms with van der Waals surface area (Å²) in [5.41, 5.74) is 11.1. The van der Waals surface area contributed by atoms with Gasteiger partial charge in [-0.3, -0.25) is 4.79 Å². The third kappa shape index (κ3) is 2.71. The van der Waals surface area contributed by atoms with Gasteiger partial charge < -0.3 is 11.5 Å². The van der Waals surface area contributed by atoms with E-state index in [0.717, 1.165) is 19.3 Å².